The van der Waals surface area contributed by atoms with Gasteiger partial charge >= 0.3 is 0 Å². The van der Waals surface area contributed by atoms with Crippen LogP contribution in [0.5, 0.6) is 0 Å². The van der Waals surface area contributed by atoms with Gasteiger partial charge in [0.25, 0.3) is 0 Å². The van der Waals surface area contributed by atoms with Crippen molar-refractivity contribution in [3.8, 4) is 0 Å². The number of hydrogen-bond donors (Lipinski definition) is 1. The van der Waals surface area contributed by atoms with E-state index in [4.69, 9.17) is 4.74 Å². The molecule has 0 aromatic heterocycles. The highest BCUT2D eigenvalue weighted by molar-refractivity contribution is 5.85. The zero-order valence-corrected chi connectivity index (χ0v) is 12.6. The van der Waals surface area contributed by atoms with Gasteiger partial charge in [-0.25, -0.2) is 0 Å². The fourth-order valence-corrected chi connectivity index (χ4v) is 2.54. The lowest BCUT2D eigenvalue weighted by molar-refractivity contribution is -0.133. The molecule has 0 bridgehead atoms. The molecule has 0 aromatic carbocycles. The van der Waals surface area contributed by atoms with Crippen LogP contribution in [0.25, 0.3) is 0 Å². The van der Waals surface area contributed by atoms with E-state index in [1.165, 1.54) is 0 Å². The summed E-state index contributed by atoms with van der Waals surface area (Å²) >= 11 is 0. The summed E-state index contributed by atoms with van der Waals surface area (Å²) in [6, 6.07) is 0.184. The molecule has 0 aromatic rings. The lowest BCUT2D eigenvalue weighted by atomic mass is 10.0. The predicted octanol–water partition coefficient (Wildman–Crippen LogP) is 1.85. The first-order valence-corrected chi connectivity index (χ1v) is 6.97. The Morgan fingerprint density at radius 2 is 1.83 bits per heavy atom. The van der Waals surface area contributed by atoms with Gasteiger partial charge < -0.3 is 9.64 Å². The van der Waals surface area contributed by atoms with E-state index in [0.717, 1.165) is 6.42 Å². The maximum absolute atomic E-state index is 12.5. The molecule has 0 radical (unpaired) electrons. The van der Waals surface area contributed by atoms with Crippen molar-refractivity contribution in [1.29, 1.82) is 0 Å². The van der Waals surface area contributed by atoms with Crippen LogP contribution in [0.3, 0.4) is 0 Å². The normalized spacial score (nSPS) is 26.4. The first kappa shape index (κ1) is 15.4. The van der Waals surface area contributed by atoms with Crippen molar-refractivity contribution in [3.05, 3.63) is 0 Å². The van der Waals surface area contributed by atoms with E-state index in [-0.39, 0.29) is 24.2 Å². The van der Waals surface area contributed by atoms with E-state index in [0.29, 0.717) is 18.4 Å². The number of methoxy groups -OCH3 is 1. The quantitative estimate of drug-likeness (QED) is 0.788. The number of ether oxygens (including phenoxy) is 1. The van der Waals surface area contributed by atoms with Crippen molar-refractivity contribution in [2.45, 2.75) is 59.3 Å². The minimum atomic E-state index is -0.0394. The molecule has 0 spiro atoms. The van der Waals surface area contributed by atoms with Crippen LogP contribution in [0.2, 0.25) is 0 Å². The van der Waals surface area contributed by atoms with Crippen LogP contribution in [0.1, 0.15) is 41.0 Å². The van der Waals surface area contributed by atoms with E-state index in [1.807, 2.05) is 4.90 Å². The second-order valence-corrected chi connectivity index (χ2v) is 5.95. The van der Waals surface area contributed by atoms with E-state index >= 15 is 0 Å². The molecule has 4 nitrogen and oxygen atoms in total. The molecule has 4 heteroatoms. The van der Waals surface area contributed by atoms with Crippen molar-refractivity contribution < 1.29 is 9.53 Å². The first-order valence-electron chi connectivity index (χ1n) is 6.97. The third-order valence-electron chi connectivity index (χ3n) is 3.68. The number of carbonyl (C=O) groups excluding carboxylic acids is 1. The third-order valence-corrected chi connectivity index (χ3v) is 3.68. The number of carbonyl (C=O) groups is 1. The second-order valence-electron chi connectivity index (χ2n) is 5.95. The Kier molecular flexibility index (Phi) is 5.60. The van der Waals surface area contributed by atoms with Gasteiger partial charge in [-0.15, -0.1) is 0 Å². The number of amides is 1. The van der Waals surface area contributed by atoms with Crippen molar-refractivity contribution >= 4 is 5.91 Å². The average Bonchev–Trinajstić information content (AvgIpc) is 2.64. The Labute approximate surface area is 111 Å². The van der Waals surface area contributed by atoms with Crippen molar-refractivity contribution in [2.24, 2.45) is 11.8 Å². The number of rotatable bonds is 6. The highest BCUT2D eigenvalue weighted by Crippen LogP contribution is 2.24. The van der Waals surface area contributed by atoms with Crippen molar-refractivity contribution in [2.75, 3.05) is 13.7 Å². The van der Waals surface area contributed by atoms with Gasteiger partial charge in [0.2, 0.25) is 5.91 Å². The number of hydrogen-bond acceptors (Lipinski definition) is 3. The lowest BCUT2D eigenvalue weighted by Crippen LogP contribution is -2.46. The fourth-order valence-electron chi connectivity index (χ4n) is 2.54. The van der Waals surface area contributed by atoms with Crippen LogP contribution in [-0.4, -0.2) is 42.8 Å². The highest BCUT2D eigenvalue weighted by atomic mass is 16.5. The highest BCUT2D eigenvalue weighted by Gasteiger charge is 2.43. The van der Waals surface area contributed by atoms with Crippen LogP contribution in [0, 0.1) is 11.8 Å². The predicted molar refractivity (Wildman–Crippen MR) is 73.2 cm³/mol. The lowest BCUT2D eigenvalue weighted by Gasteiger charge is -2.32. The summed E-state index contributed by atoms with van der Waals surface area (Å²) in [5.41, 5.74) is 0. The van der Waals surface area contributed by atoms with E-state index < -0.39 is 0 Å². The zero-order valence-electron chi connectivity index (χ0n) is 12.6. The Morgan fingerprint density at radius 3 is 2.28 bits per heavy atom. The van der Waals surface area contributed by atoms with Crippen LogP contribution in [-0.2, 0) is 9.53 Å². The topological polar surface area (TPSA) is 41.6 Å². The fraction of sp³-hybridized carbons (Fsp3) is 0.929. The molecule has 1 heterocycles. The second kappa shape index (κ2) is 6.53. The molecule has 3 atom stereocenters. The molecule has 1 saturated heterocycles. The van der Waals surface area contributed by atoms with Gasteiger partial charge in [0.1, 0.15) is 0 Å². The molecular formula is C14H28N2O2. The molecule has 3 unspecified atom stereocenters. The summed E-state index contributed by atoms with van der Waals surface area (Å²) in [5, 5.41) is 3.48. The zero-order chi connectivity index (χ0) is 13.9. The summed E-state index contributed by atoms with van der Waals surface area (Å²) in [4.78, 5) is 14.5. The molecule has 0 saturated carbocycles. The summed E-state index contributed by atoms with van der Waals surface area (Å²) in [6.45, 7) is 11.3. The van der Waals surface area contributed by atoms with Gasteiger partial charge in [0, 0.05) is 19.8 Å². The maximum atomic E-state index is 12.5. The largest absolute Gasteiger partial charge is 0.385 e. The Morgan fingerprint density at radius 1 is 1.22 bits per heavy atom. The molecule has 1 rings (SSSR count). The Hall–Kier alpha value is -0.610. The molecule has 1 fully saturated rings. The summed E-state index contributed by atoms with van der Waals surface area (Å²) in [7, 11) is 1.70. The van der Waals surface area contributed by atoms with Crippen LogP contribution < -0.4 is 5.32 Å². The van der Waals surface area contributed by atoms with Crippen LogP contribution in [0.4, 0.5) is 0 Å². The average molecular weight is 256 g/mol. The van der Waals surface area contributed by atoms with E-state index in [2.05, 4.69) is 39.9 Å². The standard InChI is InChI=1S/C14H28N2O2/c1-9(2)12-14(17)16(11(5)7-8-18-6)13(15-12)10(3)4/h9-13,15H,7-8H2,1-6H3. The van der Waals surface area contributed by atoms with E-state index in [1.54, 1.807) is 7.11 Å². The molecule has 1 N–H and O–H groups in total. The molecule has 1 amide bonds. The molecule has 1 aliphatic heterocycles. The van der Waals surface area contributed by atoms with Gasteiger partial charge in [0.15, 0.2) is 0 Å². The van der Waals surface area contributed by atoms with Crippen LogP contribution in [0.15, 0.2) is 0 Å². The SMILES string of the molecule is COCCC(C)N1C(=O)C(C(C)C)NC1C(C)C. The molecule has 0 aliphatic carbocycles. The van der Waals surface area contributed by atoms with Crippen molar-refractivity contribution in [1.82, 2.24) is 10.2 Å². The molecule has 106 valence electrons. The monoisotopic (exact) mass is 256 g/mol. The van der Waals surface area contributed by atoms with Gasteiger partial charge in [0.05, 0.1) is 12.2 Å². The minimum absolute atomic E-state index is 0.0394. The molecular weight excluding hydrogens is 228 g/mol. The van der Waals surface area contributed by atoms with Gasteiger partial charge in [-0.1, -0.05) is 27.7 Å². The van der Waals surface area contributed by atoms with Crippen molar-refractivity contribution in [3.63, 3.8) is 0 Å². The van der Waals surface area contributed by atoms with Gasteiger partial charge in [-0.3, -0.25) is 10.1 Å². The Balaban J connectivity index is 2.80. The first-order chi connectivity index (χ1) is 8.40. The van der Waals surface area contributed by atoms with Gasteiger partial charge in [-0.2, -0.15) is 0 Å². The van der Waals surface area contributed by atoms with E-state index in [9.17, 15) is 4.79 Å². The summed E-state index contributed by atoms with van der Waals surface area (Å²) in [5.74, 6) is 0.994. The number of nitrogens with one attached hydrogen (secondary N) is 1. The third kappa shape index (κ3) is 3.23. The summed E-state index contributed by atoms with van der Waals surface area (Å²) in [6.07, 6.45) is 1.04. The Bertz CT molecular complexity index is 279. The minimum Gasteiger partial charge on any atom is -0.385 e. The summed E-state index contributed by atoms with van der Waals surface area (Å²) < 4.78 is 5.12. The maximum Gasteiger partial charge on any atom is 0.241 e. The van der Waals surface area contributed by atoms with Crippen LogP contribution >= 0.6 is 0 Å². The van der Waals surface area contributed by atoms with Gasteiger partial charge in [-0.05, 0) is 25.2 Å². The smallest absolute Gasteiger partial charge is 0.241 e. The molecule has 1 aliphatic rings. The molecule has 18 heavy (non-hydrogen) atoms. The number of nitrogens with zero attached hydrogens (tertiary/aromatic N) is 1.